The lowest BCUT2D eigenvalue weighted by Crippen LogP contribution is -2.13. The Bertz CT molecular complexity index is 273. The SMILES string of the molecule is CCCCOCCOCCOCCOCCOCCCCC(=O)CC. The molecule has 0 aliphatic rings. The van der Waals surface area contributed by atoms with Gasteiger partial charge in [0.15, 0.2) is 0 Å². The molecule has 0 aromatic rings. The summed E-state index contributed by atoms with van der Waals surface area (Å²) in [6, 6.07) is 0. The van der Waals surface area contributed by atoms with E-state index in [2.05, 4.69) is 6.92 Å². The normalized spacial score (nSPS) is 11.1. The van der Waals surface area contributed by atoms with Gasteiger partial charge in [-0.25, -0.2) is 0 Å². The molecule has 0 fully saturated rings. The van der Waals surface area contributed by atoms with Gasteiger partial charge in [0.05, 0.1) is 52.9 Å². The monoisotopic (exact) mass is 362 g/mol. The minimum atomic E-state index is 0.328. The van der Waals surface area contributed by atoms with Crippen LogP contribution in [0, 0.1) is 0 Å². The smallest absolute Gasteiger partial charge is 0.132 e. The lowest BCUT2D eigenvalue weighted by molar-refractivity contribution is -0.118. The molecule has 0 bridgehead atoms. The molecule has 6 heteroatoms. The number of Topliss-reactive ketones (excluding diaryl/α,β-unsaturated/α-hetero) is 1. The maximum Gasteiger partial charge on any atom is 0.132 e. The molecule has 0 atom stereocenters. The Labute approximate surface area is 153 Å². The molecular weight excluding hydrogens is 324 g/mol. The van der Waals surface area contributed by atoms with Crippen molar-refractivity contribution >= 4 is 5.78 Å². The molecule has 0 saturated heterocycles. The van der Waals surface area contributed by atoms with Crippen LogP contribution in [0.3, 0.4) is 0 Å². The van der Waals surface area contributed by atoms with Gasteiger partial charge < -0.3 is 23.7 Å². The van der Waals surface area contributed by atoms with Crippen LogP contribution in [0.4, 0.5) is 0 Å². The molecule has 0 radical (unpaired) electrons. The second-order valence-corrected chi connectivity index (χ2v) is 5.76. The number of rotatable bonds is 21. The number of ketones is 1. The van der Waals surface area contributed by atoms with Crippen molar-refractivity contribution in [2.75, 3.05) is 66.1 Å². The maximum absolute atomic E-state index is 11.1. The molecule has 0 unspecified atom stereocenters. The molecule has 0 aliphatic carbocycles. The molecule has 0 amide bonds. The highest BCUT2D eigenvalue weighted by Gasteiger charge is 1.98. The molecule has 0 N–H and O–H groups in total. The molecule has 0 rings (SSSR count). The van der Waals surface area contributed by atoms with Gasteiger partial charge in [-0.05, 0) is 19.3 Å². The summed E-state index contributed by atoms with van der Waals surface area (Å²) in [6.07, 6.45) is 5.41. The van der Waals surface area contributed by atoms with E-state index in [1.165, 1.54) is 0 Å². The van der Waals surface area contributed by atoms with Crippen LogP contribution in [0.2, 0.25) is 0 Å². The van der Waals surface area contributed by atoms with Crippen molar-refractivity contribution in [2.24, 2.45) is 0 Å². The van der Waals surface area contributed by atoms with E-state index in [-0.39, 0.29) is 0 Å². The predicted octanol–water partition coefficient (Wildman–Crippen LogP) is 3.02. The number of hydrogen-bond acceptors (Lipinski definition) is 6. The van der Waals surface area contributed by atoms with E-state index in [1.807, 2.05) is 6.92 Å². The van der Waals surface area contributed by atoms with Crippen LogP contribution in [0.5, 0.6) is 0 Å². The van der Waals surface area contributed by atoms with Crippen LogP contribution in [0.1, 0.15) is 52.4 Å². The highest BCUT2D eigenvalue weighted by Crippen LogP contribution is 1.99. The van der Waals surface area contributed by atoms with Crippen LogP contribution in [0.15, 0.2) is 0 Å². The zero-order chi connectivity index (χ0) is 18.4. The summed E-state index contributed by atoms with van der Waals surface area (Å²) in [5, 5.41) is 0. The van der Waals surface area contributed by atoms with Crippen molar-refractivity contribution in [1.82, 2.24) is 0 Å². The minimum absolute atomic E-state index is 0.328. The van der Waals surface area contributed by atoms with E-state index < -0.39 is 0 Å². The van der Waals surface area contributed by atoms with E-state index in [1.54, 1.807) is 0 Å². The Morgan fingerprint density at radius 3 is 1.36 bits per heavy atom. The Morgan fingerprint density at radius 2 is 0.960 bits per heavy atom. The van der Waals surface area contributed by atoms with Crippen LogP contribution >= 0.6 is 0 Å². The molecule has 0 spiro atoms. The topological polar surface area (TPSA) is 63.2 Å². The van der Waals surface area contributed by atoms with Crippen molar-refractivity contribution < 1.29 is 28.5 Å². The number of carbonyl (C=O) groups excluding carboxylic acids is 1. The van der Waals surface area contributed by atoms with Gasteiger partial charge in [-0.2, -0.15) is 0 Å². The van der Waals surface area contributed by atoms with Crippen molar-refractivity contribution in [3.8, 4) is 0 Å². The quantitative estimate of drug-likeness (QED) is 0.293. The standard InChI is InChI=1S/C19H38O6/c1-3-5-9-21-11-13-23-15-17-25-18-16-24-14-12-22-10-7-6-8-19(20)4-2/h3-18H2,1-2H3. The Balaban J connectivity index is 2.99. The van der Waals surface area contributed by atoms with Crippen molar-refractivity contribution in [3.63, 3.8) is 0 Å². The molecule has 0 aromatic carbocycles. The second-order valence-electron chi connectivity index (χ2n) is 5.76. The van der Waals surface area contributed by atoms with Crippen LogP contribution in [0.25, 0.3) is 0 Å². The number of unbranched alkanes of at least 4 members (excludes halogenated alkanes) is 2. The van der Waals surface area contributed by atoms with Gasteiger partial charge >= 0.3 is 0 Å². The van der Waals surface area contributed by atoms with E-state index in [0.717, 1.165) is 32.3 Å². The number of hydrogen-bond donors (Lipinski definition) is 0. The van der Waals surface area contributed by atoms with Crippen LogP contribution in [-0.4, -0.2) is 71.9 Å². The third kappa shape index (κ3) is 21.4. The zero-order valence-electron chi connectivity index (χ0n) is 16.3. The first-order valence-corrected chi connectivity index (χ1v) is 9.71. The molecular formula is C19H38O6. The Morgan fingerprint density at radius 1 is 0.560 bits per heavy atom. The Hall–Kier alpha value is -0.530. The van der Waals surface area contributed by atoms with Crippen molar-refractivity contribution in [3.05, 3.63) is 0 Å². The van der Waals surface area contributed by atoms with Gasteiger partial charge in [-0.1, -0.05) is 20.3 Å². The minimum Gasteiger partial charge on any atom is -0.379 e. The fourth-order valence-corrected chi connectivity index (χ4v) is 1.93. The van der Waals surface area contributed by atoms with Crippen LogP contribution < -0.4 is 0 Å². The van der Waals surface area contributed by atoms with Crippen molar-refractivity contribution in [1.29, 1.82) is 0 Å². The third-order valence-electron chi connectivity index (χ3n) is 3.52. The molecule has 0 saturated carbocycles. The molecule has 0 heterocycles. The zero-order valence-corrected chi connectivity index (χ0v) is 16.3. The van der Waals surface area contributed by atoms with E-state index in [9.17, 15) is 4.79 Å². The highest BCUT2D eigenvalue weighted by atomic mass is 16.6. The highest BCUT2D eigenvalue weighted by molar-refractivity contribution is 5.77. The van der Waals surface area contributed by atoms with Gasteiger partial charge in [0.2, 0.25) is 0 Å². The van der Waals surface area contributed by atoms with Crippen LogP contribution in [-0.2, 0) is 28.5 Å². The maximum atomic E-state index is 11.1. The van der Waals surface area contributed by atoms with E-state index in [0.29, 0.717) is 78.1 Å². The number of ether oxygens (including phenoxy) is 5. The fourth-order valence-electron chi connectivity index (χ4n) is 1.93. The average molecular weight is 363 g/mol. The predicted molar refractivity (Wildman–Crippen MR) is 98.2 cm³/mol. The first-order valence-electron chi connectivity index (χ1n) is 9.71. The van der Waals surface area contributed by atoms with E-state index >= 15 is 0 Å². The first kappa shape index (κ1) is 24.5. The summed E-state index contributed by atoms with van der Waals surface area (Å²) >= 11 is 0. The van der Waals surface area contributed by atoms with Crippen molar-refractivity contribution in [2.45, 2.75) is 52.4 Å². The summed E-state index contributed by atoms with van der Waals surface area (Å²) in [5.74, 6) is 0.328. The third-order valence-corrected chi connectivity index (χ3v) is 3.52. The lowest BCUT2D eigenvalue weighted by atomic mass is 10.1. The molecule has 0 aliphatic heterocycles. The first-order chi connectivity index (χ1) is 12.3. The van der Waals surface area contributed by atoms with E-state index in [4.69, 9.17) is 23.7 Å². The lowest BCUT2D eigenvalue weighted by Gasteiger charge is -2.08. The molecule has 25 heavy (non-hydrogen) atoms. The molecule has 6 nitrogen and oxygen atoms in total. The molecule has 150 valence electrons. The van der Waals surface area contributed by atoms with Gasteiger partial charge in [0, 0.05) is 26.1 Å². The summed E-state index contributed by atoms with van der Waals surface area (Å²) in [4.78, 5) is 11.1. The summed E-state index contributed by atoms with van der Waals surface area (Å²) in [7, 11) is 0. The van der Waals surface area contributed by atoms with Gasteiger partial charge in [-0.15, -0.1) is 0 Å². The summed E-state index contributed by atoms with van der Waals surface area (Å²) in [5.41, 5.74) is 0. The number of carbonyl (C=O) groups is 1. The summed E-state index contributed by atoms with van der Waals surface area (Å²) < 4.78 is 27.1. The van der Waals surface area contributed by atoms with Gasteiger partial charge in [0.1, 0.15) is 5.78 Å². The second kappa shape index (κ2) is 21.5. The van der Waals surface area contributed by atoms with Gasteiger partial charge in [0.25, 0.3) is 0 Å². The Kier molecular flexibility index (Phi) is 21.1. The summed E-state index contributed by atoms with van der Waals surface area (Å²) in [6.45, 7) is 10.3. The van der Waals surface area contributed by atoms with Gasteiger partial charge in [-0.3, -0.25) is 4.79 Å². The largest absolute Gasteiger partial charge is 0.379 e. The average Bonchev–Trinajstić information content (AvgIpc) is 2.63. The molecule has 0 aromatic heterocycles. The fraction of sp³-hybridized carbons (Fsp3) is 0.947.